The molecule has 1 aromatic rings. The molecule has 1 aliphatic carbocycles. The molecule has 0 aromatic carbocycles. The number of nitrogens with zero attached hydrogens (tertiary/aromatic N) is 4. The van der Waals surface area contributed by atoms with Crippen molar-refractivity contribution in [3.63, 3.8) is 0 Å². The number of rotatable bonds is 10. The van der Waals surface area contributed by atoms with Crippen molar-refractivity contribution in [2.24, 2.45) is 0 Å². The normalized spacial score (nSPS) is 20.3. The Kier molecular flexibility index (Phi) is 10.4. The quantitative estimate of drug-likeness (QED) is 0.414. The number of nitrogens with one attached hydrogen (secondary N) is 1. The summed E-state index contributed by atoms with van der Waals surface area (Å²) in [5.74, 6) is 0.186. The van der Waals surface area contributed by atoms with E-state index in [2.05, 4.69) is 21.1 Å². The fourth-order valence-corrected chi connectivity index (χ4v) is 4.90. The molecular formula is C29H43N5O7. The van der Waals surface area contributed by atoms with E-state index in [0.29, 0.717) is 25.3 Å². The number of hydrogen-bond acceptors (Lipinski definition) is 9. The molecule has 0 radical (unpaired) electrons. The minimum Gasteiger partial charge on any atom is -0.481 e. The van der Waals surface area contributed by atoms with E-state index in [4.69, 9.17) is 14.2 Å². The molecule has 226 valence electrons. The molecule has 1 saturated heterocycles. The lowest BCUT2D eigenvalue weighted by molar-refractivity contribution is -0.161. The van der Waals surface area contributed by atoms with Gasteiger partial charge in [-0.3, -0.25) is 4.79 Å². The van der Waals surface area contributed by atoms with E-state index in [1.165, 1.54) is 12.0 Å². The van der Waals surface area contributed by atoms with Gasteiger partial charge < -0.3 is 34.1 Å². The number of nitriles is 1. The highest BCUT2D eigenvalue weighted by Crippen LogP contribution is 2.46. The van der Waals surface area contributed by atoms with Crippen molar-refractivity contribution in [1.82, 2.24) is 20.1 Å². The third-order valence-electron chi connectivity index (χ3n) is 7.23. The van der Waals surface area contributed by atoms with Gasteiger partial charge in [-0.05, 0) is 71.9 Å². The number of aryl methyl sites for hydroxylation is 1. The number of carbonyl (C=O) groups excluding carboxylic acids is 3. The van der Waals surface area contributed by atoms with Gasteiger partial charge in [0, 0.05) is 23.8 Å². The van der Waals surface area contributed by atoms with Crippen molar-refractivity contribution in [2.75, 3.05) is 33.9 Å². The van der Waals surface area contributed by atoms with Gasteiger partial charge in [-0.1, -0.05) is 0 Å². The average Bonchev–Trinajstić information content (AvgIpc) is 3.67. The number of methoxy groups -OCH3 is 2. The van der Waals surface area contributed by atoms with Crippen LogP contribution in [0, 0.1) is 11.3 Å². The highest BCUT2D eigenvalue weighted by Gasteiger charge is 2.51. The van der Waals surface area contributed by atoms with E-state index in [-0.39, 0.29) is 37.0 Å². The summed E-state index contributed by atoms with van der Waals surface area (Å²) in [6.45, 7) is 9.99. The summed E-state index contributed by atoms with van der Waals surface area (Å²) in [6, 6.07) is 5.51. The van der Waals surface area contributed by atoms with E-state index in [9.17, 15) is 19.6 Å². The maximum absolute atomic E-state index is 14.2. The SMILES string of the molecule is COC(=O)NCCCc1cc([C@@H](C)N(C(=O)[C@H]2CN(C(=O)OC(C)(C)C)C[C@@H](CC#N)O2)C2(C)CC2)cc(OC)n1. The van der Waals surface area contributed by atoms with Crippen molar-refractivity contribution >= 4 is 18.1 Å². The van der Waals surface area contributed by atoms with Crippen molar-refractivity contribution < 1.29 is 33.3 Å². The fraction of sp³-hybridized carbons (Fsp3) is 0.690. The van der Waals surface area contributed by atoms with E-state index in [1.54, 1.807) is 27.9 Å². The first-order chi connectivity index (χ1) is 19.3. The first kappa shape index (κ1) is 31.9. The highest BCUT2D eigenvalue weighted by molar-refractivity contribution is 5.84. The lowest BCUT2D eigenvalue weighted by Gasteiger charge is -2.42. The molecular weight excluding hydrogens is 530 g/mol. The minimum absolute atomic E-state index is 0.0348. The summed E-state index contributed by atoms with van der Waals surface area (Å²) in [6.07, 6.45) is 0.362. The number of morpholine rings is 1. The molecule has 12 heteroatoms. The molecule has 0 bridgehead atoms. The lowest BCUT2D eigenvalue weighted by Crippen LogP contribution is -2.58. The zero-order chi connectivity index (χ0) is 30.4. The summed E-state index contributed by atoms with van der Waals surface area (Å²) < 4.78 is 21.7. The standard InChI is InChI=1S/C29H43N5O7/c1-19(20-15-21(32-24(16-20)38-6)9-8-14-31-26(36)39-7)34(29(5)11-12-29)25(35)23-18-33(17-22(40-23)10-13-30)27(37)41-28(2,3)4/h15-16,19,22-23H,8-12,14,17-18H2,1-7H3,(H,31,36)/t19-,22-,23-/m1/s1. The van der Waals surface area contributed by atoms with Crippen LogP contribution < -0.4 is 10.1 Å². The molecule has 0 spiro atoms. The zero-order valence-corrected chi connectivity index (χ0v) is 25.2. The average molecular weight is 574 g/mol. The Morgan fingerprint density at radius 1 is 1.27 bits per heavy atom. The monoisotopic (exact) mass is 573 g/mol. The van der Waals surface area contributed by atoms with E-state index in [0.717, 1.165) is 24.1 Å². The van der Waals surface area contributed by atoms with Crippen molar-refractivity contribution in [3.8, 4) is 11.9 Å². The molecule has 2 aliphatic rings. The number of aromatic nitrogens is 1. The van der Waals surface area contributed by atoms with Gasteiger partial charge >= 0.3 is 12.2 Å². The van der Waals surface area contributed by atoms with Crippen LogP contribution in [0.4, 0.5) is 9.59 Å². The lowest BCUT2D eigenvalue weighted by atomic mass is 10.0. The highest BCUT2D eigenvalue weighted by atomic mass is 16.6. The van der Waals surface area contributed by atoms with Crippen LogP contribution in [0.2, 0.25) is 0 Å². The molecule has 2 heterocycles. The van der Waals surface area contributed by atoms with Gasteiger partial charge in [-0.25, -0.2) is 14.6 Å². The van der Waals surface area contributed by atoms with E-state index in [1.807, 2.05) is 30.9 Å². The van der Waals surface area contributed by atoms with Crippen molar-refractivity contribution in [1.29, 1.82) is 5.26 Å². The van der Waals surface area contributed by atoms with Gasteiger partial charge in [-0.15, -0.1) is 0 Å². The summed E-state index contributed by atoms with van der Waals surface area (Å²) in [4.78, 5) is 46.3. The predicted molar refractivity (Wildman–Crippen MR) is 149 cm³/mol. The molecule has 3 atom stereocenters. The van der Waals surface area contributed by atoms with Crippen LogP contribution in [0.15, 0.2) is 12.1 Å². The number of hydrogen-bond donors (Lipinski definition) is 1. The summed E-state index contributed by atoms with van der Waals surface area (Å²) in [5, 5.41) is 12.0. The van der Waals surface area contributed by atoms with Crippen LogP contribution in [0.3, 0.4) is 0 Å². The van der Waals surface area contributed by atoms with Crippen molar-refractivity contribution in [2.45, 2.75) is 96.1 Å². The second-order valence-electron chi connectivity index (χ2n) is 11.8. The molecule has 1 aliphatic heterocycles. The molecule has 1 saturated carbocycles. The maximum atomic E-state index is 14.2. The van der Waals surface area contributed by atoms with E-state index >= 15 is 0 Å². The van der Waals surface area contributed by atoms with Crippen LogP contribution in [0.5, 0.6) is 5.88 Å². The third kappa shape index (κ3) is 8.70. The van der Waals surface area contributed by atoms with Gasteiger partial charge in [-0.2, -0.15) is 5.26 Å². The van der Waals surface area contributed by atoms with Crippen molar-refractivity contribution in [3.05, 3.63) is 23.4 Å². The Balaban J connectivity index is 1.84. The zero-order valence-electron chi connectivity index (χ0n) is 25.2. The van der Waals surface area contributed by atoms with E-state index < -0.39 is 30.0 Å². The molecule has 41 heavy (non-hydrogen) atoms. The molecule has 2 fully saturated rings. The first-order valence-electron chi connectivity index (χ1n) is 14.0. The summed E-state index contributed by atoms with van der Waals surface area (Å²) in [7, 11) is 2.86. The molecule has 1 N–H and O–H groups in total. The number of ether oxygens (including phenoxy) is 4. The van der Waals surface area contributed by atoms with Gasteiger partial charge in [0.2, 0.25) is 5.88 Å². The number of carbonyl (C=O) groups is 3. The third-order valence-corrected chi connectivity index (χ3v) is 7.23. The second-order valence-corrected chi connectivity index (χ2v) is 11.8. The Hall–Kier alpha value is -3.59. The molecule has 12 nitrogen and oxygen atoms in total. The fourth-order valence-electron chi connectivity index (χ4n) is 4.90. The number of amides is 3. The predicted octanol–water partition coefficient (Wildman–Crippen LogP) is 3.74. The Morgan fingerprint density at radius 3 is 2.56 bits per heavy atom. The van der Waals surface area contributed by atoms with Gasteiger partial charge in [0.25, 0.3) is 5.91 Å². The molecule has 3 amide bonds. The molecule has 0 unspecified atom stereocenters. The van der Waals surface area contributed by atoms with Crippen LogP contribution in [-0.2, 0) is 25.4 Å². The Labute approximate surface area is 242 Å². The van der Waals surface area contributed by atoms with Crippen LogP contribution >= 0.6 is 0 Å². The first-order valence-corrected chi connectivity index (χ1v) is 14.0. The van der Waals surface area contributed by atoms with Gasteiger partial charge in [0.1, 0.15) is 5.60 Å². The van der Waals surface area contributed by atoms with Crippen LogP contribution in [-0.4, -0.2) is 90.1 Å². The number of alkyl carbamates (subject to hydrolysis) is 1. The second kappa shape index (κ2) is 13.4. The number of pyridine rings is 1. The summed E-state index contributed by atoms with van der Waals surface area (Å²) in [5.41, 5.74) is 0.544. The topological polar surface area (TPSA) is 143 Å². The maximum Gasteiger partial charge on any atom is 0.410 e. The summed E-state index contributed by atoms with van der Waals surface area (Å²) >= 11 is 0. The largest absolute Gasteiger partial charge is 0.481 e. The smallest absolute Gasteiger partial charge is 0.410 e. The molecule has 3 rings (SSSR count). The van der Waals surface area contributed by atoms with Gasteiger partial charge in [0.15, 0.2) is 6.10 Å². The van der Waals surface area contributed by atoms with Crippen LogP contribution in [0.25, 0.3) is 0 Å². The molecule has 1 aromatic heterocycles. The minimum atomic E-state index is -0.943. The Bertz CT molecular complexity index is 1140. The van der Waals surface area contributed by atoms with Gasteiger partial charge in [0.05, 0.1) is 51.9 Å². The Morgan fingerprint density at radius 2 is 1.98 bits per heavy atom. The van der Waals surface area contributed by atoms with Crippen LogP contribution in [0.1, 0.15) is 77.6 Å².